The summed E-state index contributed by atoms with van der Waals surface area (Å²) in [5, 5.41) is 0. The number of carbonyl (C=O) groups is 1. The molecular weight excluding hydrogens is 288 g/mol. The summed E-state index contributed by atoms with van der Waals surface area (Å²) in [4.78, 5) is 14.0. The third-order valence-electron chi connectivity index (χ3n) is 4.52. The van der Waals surface area contributed by atoms with E-state index in [4.69, 9.17) is 10.5 Å². The Bertz CT molecular complexity index is 682. The summed E-state index contributed by atoms with van der Waals surface area (Å²) in [6.45, 7) is 1.59. The molecule has 4 heteroatoms. The van der Waals surface area contributed by atoms with Crippen molar-refractivity contribution in [2.75, 3.05) is 13.7 Å². The van der Waals surface area contributed by atoms with E-state index in [0.717, 1.165) is 25.3 Å². The van der Waals surface area contributed by atoms with Crippen LogP contribution < -0.4 is 10.5 Å². The standard InChI is InChI=1S/C19H22N2O2/c1-23-17-8-6-14(7-9-17)10-11-21-13-16-5-3-2-4-15(16)12-18(21)19(20)22/h2-9,18H,10-13H2,1H3,(H2,20,22)/t18-/m1/s1. The van der Waals surface area contributed by atoms with Crippen molar-refractivity contribution >= 4 is 5.91 Å². The molecule has 1 aliphatic heterocycles. The number of nitrogens with two attached hydrogens (primary N) is 1. The second-order valence-corrected chi connectivity index (χ2v) is 5.96. The Labute approximate surface area is 136 Å². The second kappa shape index (κ2) is 6.84. The fourth-order valence-electron chi connectivity index (χ4n) is 3.16. The normalized spacial score (nSPS) is 17.5. The summed E-state index contributed by atoms with van der Waals surface area (Å²) in [6.07, 6.45) is 1.59. The van der Waals surface area contributed by atoms with E-state index in [9.17, 15) is 4.79 Å². The lowest BCUT2D eigenvalue weighted by Gasteiger charge is -2.35. The highest BCUT2D eigenvalue weighted by molar-refractivity contribution is 5.80. The number of nitrogens with zero attached hydrogens (tertiary/aromatic N) is 1. The molecule has 0 bridgehead atoms. The molecule has 0 fully saturated rings. The van der Waals surface area contributed by atoms with Gasteiger partial charge in [-0.05, 0) is 41.7 Å². The first kappa shape index (κ1) is 15.6. The zero-order valence-corrected chi connectivity index (χ0v) is 13.4. The third kappa shape index (κ3) is 3.54. The number of rotatable bonds is 5. The molecule has 2 N–H and O–H groups in total. The van der Waals surface area contributed by atoms with Gasteiger partial charge in [-0.15, -0.1) is 0 Å². The molecule has 23 heavy (non-hydrogen) atoms. The number of benzene rings is 2. The summed E-state index contributed by atoms with van der Waals surface area (Å²) in [5.74, 6) is 0.616. The van der Waals surface area contributed by atoms with Crippen LogP contribution in [-0.2, 0) is 24.2 Å². The van der Waals surface area contributed by atoms with E-state index in [2.05, 4.69) is 29.2 Å². The van der Waals surface area contributed by atoms with Crippen LogP contribution >= 0.6 is 0 Å². The molecule has 0 unspecified atom stereocenters. The first-order valence-corrected chi connectivity index (χ1v) is 7.90. The zero-order chi connectivity index (χ0) is 16.2. The maximum absolute atomic E-state index is 11.8. The highest BCUT2D eigenvalue weighted by atomic mass is 16.5. The van der Waals surface area contributed by atoms with E-state index in [1.165, 1.54) is 16.7 Å². The molecule has 0 spiro atoms. The number of carbonyl (C=O) groups excluding carboxylic acids is 1. The lowest BCUT2D eigenvalue weighted by molar-refractivity contribution is -0.123. The lowest BCUT2D eigenvalue weighted by atomic mass is 9.93. The zero-order valence-electron chi connectivity index (χ0n) is 13.4. The SMILES string of the molecule is COc1ccc(CCN2Cc3ccccc3C[C@@H]2C(N)=O)cc1. The maximum atomic E-state index is 11.8. The van der Waals surface area contributed by atoms with E-state index in [1.807, 2.05) is 24.3 Å². The van der Waals surface area contributed by atoms with Crippen molar-refractivity contribution in [1.82, 2.24) is 4.90 Å². The van der Waals surface area contributed by atoms with Gasteiger partial charge in [0, 0.05) is 13.1 Å². The highest BCUT2D eigenvalue weighted by Crippen LogP contribution is 2.23. The summed E-state index contributed by atoms with van der Waals surface area (Å²) in [6, 6.07) is 16.1. The Kier molecular flexibility index (Phi) is 4.63. The topological polar surface area (TPSA) is 55.6 Å². The van der Waals surface area contributed by atoms with Gasteiger partial charge in [0.15, 0.2) is 0 Å². The largest absolute Gasteiger partial charge is 0.497 e. The fraction of sp³-hybridized carbons (Fsp3) is 0.316. The van der Waals surface area contributed by atoms with Gasteiger partial charge in [-0.25, -0.2) is 0 Å². The van der Waals surface area contributed by atoms with Crippen molar-refractivity contribution in [3.63, 3.8) is 0 Å². The summed E-state index contributed by atoms with van der Waals surface area (Å²) in [7, 11) is 1.66. The Hall–Kier alpha value is -2.33. The Morgan fingerprint density at radius 1 is 1.17 bits per heavy atom. The molecule has 1 heterocycles. The number of ether oxygens (including phenoxy) is 1. The third-order valence-corrected chi connectivity index (χ3v) is 4.52. The molecule has 3 rings (SSSR count). The smallest absolute Gasteiger partial charge is 0.235 e. The van der Waals surface area contributed by atoms with Gasteiger partial charge in [0.05, 0.1) is 13.2 Å². The van der Waals surface area contributed by atoms with Crippen LogP contribution in [0.3, 0.4) is 0 Å². The quantitative estimate of drug-likeness (QED) is 0.920. The van der Waals surface area contributed by atoms with Gasteiger partial charge in [0.1, 0.15) is 5.75 Å². The molecule has 2 aromatic rings. The average molecular weight is 310 g/mol. The molecule has 2 aromatic carbocycles. The predicted molar refractivity (Wildman–Crippen MR) is 90.2 cm³/mol. The first-order valence-electron chi connectivity index (χ1n) is 7.90. The van der Waals surface area contributed by atoms with Gasteiger partial charge in [0.25, 0.3) is 0 Å². The molecule has 1 atom stereocenters. The van der Waals surface area contributed by atoms with E-state index < -0.39 is 0 Å². The summed E-state index contributed by atoms with van der Waals surface area (Å²) < 4.78 is 5.18. The summed E-state index contributed by atoms with van der Waals surface area (Å²) in [5.41, 5.74) is 9.38. The van der Waals surface area contributed by atoms with Crippen molar-refractivity contribution in [1.29, 1.82) is 0 Å². The van der Waals surface area contributed by atoms with E-state index in [0.29, 0.717) is 6.42 Å². The number of methoxy groups -OCH3 is 1. The van der Waals surface area contributed by atoms with E-state index in [-0.39, 0.29) is 11.9 Å². The number of hydrogen-bond acceptors (Lipinski definition) is 3. The monoisotopic (exact) mass is 310 g/mol. The van der Waals surface area contributed by atoms with Gasteiger partial charge < -0.3 is 10.5 Å². The Morgan fingerprint density at radius 2 is 1.87 bits per heavy atom. The minimum atomic E-state index is -0.241. The molecular formula is C19H22N2O2. The number of fused-ring (bicyclic) bond motifs is 1. The fourth-order valence-corrected chi connectivity index (χ4v) is 3.16. The van der Waals surface area contributed by atoms with Gasteiger partial charge in [-0.3, -0.25) is 9.69 Å². The van der Waals surface area contributed by atoms with Crippen LogP contribution in [0.4, 0.5) is 0 Å². The van der Waals surface area contributed by atoms with Gasteiger partial charge in [-0.2, -0.15) is 0 Å². The minimum absolute atomic E-state index is 0.219. The molecule has 1 aliphatic rings. The second-order valence-electron chi connectivity index (χ2n) is 5.96. The highest BCUT2D eigenvalue weighted by Gasteiger charge is 2.29. The van der Waals surface area contributed by atoms with Crippen LogP contribution in [-0.4, -0.2) is 30.5 Å². The lowest BCUT2D eigenvalue weighted by Crippen LogP contribution is -2.49. The summed E-state index contributed by atoms with van der Waals surface area (Å²) >= 11 is 0. The van der Waals surface area contributed by atoms with Crippen LogP contribution in [0.5, 0.6) is 5.75 Å². The predicted octanol–water partition coefficient (Wildman–Crippen LogP) is 2.15. The Balaban J connectivity index is 1.71. The molecule has 0 saturated carbocycles. The average Bonchev–Trinajstić information content (AvgIpc) is 2.59. The Morgan fingerprint density at radius 3 is 2.52 bits per heavy atom. The van der Waals surface area contributed by atoms with Gasteiger partial charge in [-0.1, -0.05) is 36.4 Å². The van der Waals surface area contributed by atoms with Crippen LogP contribution in [0.15, 0.2) is 48.5 Å². The van der Waals surface area contributed by atoms with Crippen LogP contribution in [0.1, 0.15) is 16.7 Å². The van der Waals surface area contributed by atoms with Crippen LogP contribution in [0.2, 0.25) is 0 Å². The first-order chi connectivity index (χ1) is 11.2. The molecule has 0 radical (unpaired) electrons. The van der Waals surface area contributed by atoms with Crippen molar-refractivity contribution in [3.05, 3.63) is 65.2 Å². The molecule has 4 nitrogen and oxygen atoms in total. The molecule has 0 aliphatic carbocycles. The molecule has 1 amide bonds. The minimum Gasteiger partial charge on any atom is -0.497 e. The van der Waals surface area contributed by atoms with Gasteiger partial charge >= 0.3 is 0 Å². The molecule has 0 aromatic heterocycles. The molecule has 120 valence electrons. The van der Waals surface area contributed by atoms with E-state index in [1.54, 1.807) is 7.11 Å². The van der Waals surface area contributed by atoms with Crippen LogP contribution in [0, 0.1) is 0 Å². The van der Waals surface area contributed by atoms with E-state index >= 15 is 0 Å². The van der Waals surface area contributed by atoms with Gasteiger partial charge in [0.2, 0.25) is 5.91 Å². The number of amides is 1. The molecule has 0 saturated heterocycles. The van der Waals surface area contributed by atoms with Crippen molar-refractivity contribution in [3.8, 4) is 5.75 Å². The van der Waals surface area contributed by atoms with Crippen molar-refractivity contribution in [2.45, 2.75) is 25.4 Å². The maximum Gasteiger partial charge on any atom is 0.235 e. The van der Waals surface area contributed by atoms with Crippen molar-refractivity contribution < 1.29 is 9.53 Å². The van der Waals surface area contributed by atoms with Crippen molar-refractivity contribution in [2.24, 2.45) is 5.73 Å². The van der Waals surface area contributed by atoms with Crippen LogP contribution in [0.25, 0.3) is 0 Å². The number of primary amides is 1. The number of hydrogen-bond donors (Lipinski definition) is 1.